The van der Waals surface area contributed by atoms with Gasteiger partial charge in [0.05, 0.1) is 6.42 Å². The van der Waals surface area contributed by atoms with Crippen LogP contribution < -0.4 is 21.3 Å². The van der Waals surface area contributed by atoms with Gasteiger partial charge in [0.2, 0.25) is 5.91 Å². The second kappa shape index (κ2) is 8.38. The third kappa shape index (κ3) is 4.75. The Morgan fingerprint density at radius 2 is 1.65 bits per heavy atom. The van der Waals surface area contributed by atoms with E-state index in [-0.39, 0.29) is 18.5 Å². The third-order valence-corrected chi connectivity index (χ3v) is 4.58. The van der Waals surface area contributed by atoms with Crippen molar-refractivity contribution in [3.05, 3.63) is 60.2 Å². The summed E-state index contributed by atoms with van der Waals surface area (Å²) < 4.78 is 0. The number of rotatable bonds is 5. The molecule has 0 bridgehead atoms. The summed E-state index contributed by atoms with van der Waals surface area (Å²) in [6, 6.07) is 17.4. The van der Waals surface area contributed by atoms with Gasteiger partial charge in [-0.2, -0.15) is 0 Å². The molecule has 2 aromatic rings. The van der Waals surface area contributed by atoms with Gasteiger partial charge in [0, 0.05) is 30.5 Å². The van der Waals surface area contributed by atoms with E-state index < -0.39 is 5.91 Å². The second-order valence-corrected chi connectivity index (χ2v) is 6.50. The predicted molar refractivity (Wildman–Crippen MR) is 103 cm³/mol. The number of nitrogens with two attached hydrogens (primary N) is 1. The zero-order valence-electron chi connectivity index (χ0n) is 14.7. The second-order valence-electron chi connectivity index (χ2n) is 6.50. The fourth-order valence-electron chi connectivity index (χ4n) is 3.25. The minimum Gasteiger partial charge on any atom is -0.371 e. The molecule has 2 aromatic carbocycles. The number of benzene rings is 2. The van der Waals surface area contributed by atoms with E-state index in [1.807, 2.05) is 30.3 Å². The number of hydrogen-bond acceptors (Lipinski definition) is 3. The molecule has 3 rings (SSSR count). The predicted octanol–water partition coefficient (Wildman–Crippen LogP) is 2.50. The maximum atomic E-state index is 12.3. The Morgan fingerprint density at radius 3 is 2.35 bits per heavy atom. The van der Waals surface area contributed by atoms with E-state index in [1.54, 1.807) is 12.1 Å². The van der Waals surface area contributed by atoms with E-state index in [2.05, 4.69) is 27.7 Å². The van der Waals surface area contributed by atoms with Gasteiger partial charge in [0.1, 0.15) is 0 Å². The highest BCUT2D eigenvalue weighted by molar-refractivity contribution is 5.91. The molecule has 1 heterocycles. The first-order valence-corrected chi connectivity index (χ1v) is 8.85. The fourth-order valence-corrected chi connectivity index (χ4v) is 3.25. The number of primary amides is 1. The summed E-state index contributed by atoms with van der Waals surface area (Å²) >= 11 is 0. The van der Waals surface area contributed by atoms with Crippen LogP contribution >= 0.6 is 0 Å². The van der Waals surface area contributed by atoms with Crippen molar-refractivity contribution in [2.24, 2.45) is 5.73 Å². The Morgan fingerprint density at radius 1 is 1.00 bits per heavy atom. The molecule has 3 amide bonds. The highest BCUT2D eigenvalue weighted by Gasteiger charge is 2.21. The Balaban J connectivity index is 1.51. The zero-order valence-corrected chi connectivity index (χ0v) is 14.7. The molecular weight excluding hydrogens is 328 g/mol. The molecular formula is C20H24N4O2. The smallest absolute Gasteiger partial charge is 0.319 e. The standard InChI is InChI=1S/C20H24N4O2/c21-19(25)14-15-6-4-5-9-18(15)23-20(26)22-16-10-12-24(13-11-16)17-7-2-1-3-8-17/h1-9,16H,10-14H2,(H2,21,25)(H2,22,23,26). The van der Waals surface area contributed by atoms with Crippen LogP contribution in [0.25, 0.3) is 0 Å². The Kier molecular flexibility index (Phi) is 5.73. The molecule has 0 spiro atoms. The molecule has 6 nitrogen and oxygen atoms in total. The summed E-state index contributed by atoms with van der Waals surface area (Å²) in [6.45, 7) is 1.82. The van der Waals surface area contributed by atoms with Crippen LogP contribution in [-0.4, -0.2) is 31.1 Å². The van der Waals surface area contributed by atoms with Gasteiger partial charge in [-0.05, 0) is 36.6 Å². The molecule has 1 aliphatic rings. The molecule has 4 N–H and O–H groups in total. The van der Waals surface area contributed by atoms with Gasteiger partial charge in [0.25, 0.3) is 0 Å². The molecule has 1 saturated heterocycles. The van der Waals surface area contributed by atoms with Crippen molar-refractivity contribution >= 4 is 23.3 Å². The molecule has 26 heavy (non-hydrogen) atoms. The van der Waals surface area contributed by atoms with Gasteiger partial charge in [-0.25, -0.2) is 4.79 Å². The number of piperidine rings is 1. The number of amides is 3. The van der Waals surface area contributed by atoms with Gasteiger partial charge in [-0.3, -0.25) is 4.79 Å². The molecule has 0 aliphatic carbocycles. The van der Waals surface area contributed by atoms with Crippen LogP contribution in [0.1, 0.15) is 18.4 Å². The lowest BCUT2D eigenvalue weighted by Gasteiger charge is -2.34. The molecule has 136 valence electrons. The Bertz CT molecular complexity index is 755. The minimum atomic E-state index is -0.423. The number of nitrogens with one attached hydrogen (secondary N) is 2. The molecule has 0 aromatic heterocycles. The van der Waals surface area contributed by atoms with E-state index in [0.717, 1.165) is 25.9 Å². The molecule has 1 fully saturated rings. The van der Waals surface area contributed by atoms with Crippen LogP contribution in [0, 0.1) is 0 Å². The average molecular weight is 352 g/mol. The lowest BCUT2D eigenvalue weighted by molar-refractivity contribution is -0.117. The summed E-state index contributed by atoms with van der Waals surface area (Å²) in [5, 5.41) is 5.86. The molecule has 0 saturated carbocycles. The highest BCUT2D eigenvalue weighted by atomic mass is 16.2. The Hall–Kier alpha value is -3.02. The molecule has 1 aliphatic heterocycles. The van der Waals surface area contributed by atoms with Crippen LogP contribution in [0.4, 0.5) is 16.2 Å². The number of nitrogens with zero attached hydrogens (tertiary/aromatic N) is 1. The van der Waals surface area contributed by atoms with Crippen molar-refractivity contribution in [1.82, 2.24) is 5.32 Å². The van der Waals surface area contributed by atoms with Crippen molar-refractivity contribution in [2.75, 3.05) is 23.3 Å². The maximum absolute atomic E-state index is 12.3. The molecule has 6 heteroatoms. The summed E-state index contributed by atoms with van der Waals surface area (Å²) in [6.07, 6.45) is 1.89. The van der Waals surface area contributed by atoms with E-state index >= 15 is 0 Å². The number of carbonyl (C=O) groups is 2. The summed E-state index contributed by atoms with van der Waals surface area (Å²) in [5.41, 5.74) is 7.81. The molecule has 0 radical (unpaired) electrons. The van der Waals surface area contributed by atoms with Crippen LogP contribution in [0.2, 0.25) is 0 Å². The van der Waals surface area contributed by atoms with Crippen LogP contribution in [0.5, 0.6) is 0 Å². The van der Waals surface area contributed by atoms with Gasteiger partial charge < -0.3 is 21.3 Å². The van der Waals surface area contributed by atoms with Gasteiger partial charge in [-0.15, -0.1) is 0 Å². The van der Waals surface area contributed by atoms with Gasteiger partial charge in [0.15, 0.2) is 0 Å². The van der Waals surface area contributed by atoms with E-state index in [4.69, 9.17) is 5.73 Å². The number of carbonyl (C=O) groups excluding carboxylic acids is 2. The summed E-state index contributed by atoms with van der Waals surface area (Å²) in [7, 11) is 0. The highest BCUT2D eigenvalue weighted by Crippen LogP contribution is 2.20. The van der Waals surface area contributed by atoms with Crippen LogP contribution in [-0.2, 0) is 11.2 Å². The van der Waals surface area contributed by atoms with E-state index in [9.17, 15) is 9.59 Å². The SMILES string of the molecule is NC(=O)Cc1ccccc1NC(=O)NC1CCN(c2ccccc2)CC1. The Labute approximate surface area is 153 Å². The van der Waals surface area contributed by atoms with Gasteiger partial charge in [-0.1, -0.05) is 36.4 Å². The summed E-state index contributed by atoms with van der Waals surface area (Å²) in [5.74, 6) is -0.423. The first kappa shape index (κ1) is 17.8. The maximum Gasteiger partial charge on any atom is 0.319 e. The first-order valence-electron chi connectivity index (χ1n) is 8.85. The normalized spacial score (nSPS) is 14.7. The van der Waals surface area contributed by atoms with Gasteiger partial charge >= 0.3 is 6.03 Å². The van der Waals surface area contributed by atoms with Crippen molar-refractivity contribution in [2.45, 2.75) is 25.3 Å². The van der Waals surface area contributed by atoms with Crippen molar-refractivity contribution in [1.29, 1.82) is 0 Å². The molecule has 0 unspecified atom stereocenters. The van der Waals surface area contributed by atoms with E-state index in [0.29, 0.717) is 11.3 Å². The van der Waals surface area contributed by atoms with Crippen molar-refractivity contribution in [3.63, 3.8) is 0 Å². The number of hydrogen-bond donors (Lipinski definition) is 3. The largest absolute Gasteiger partial charge is 0.371 e. The first-order chi connectivity index (χ1) is 12.6. The average Bonchev–Trinajstić information content (AvgIpc) is 2.64. The number of para-hydroxylation sites is 2. The van der Waals surface area contributed by atoms with Crippen LogP contribution in [0.15, 0.2) is 54.6 Å². The zero-order chi connectivity index (χ0) is 18.4. The minimum absolute atomic E-state index is 0.103. The monoisotopic (exact) mass is 352 g/mol. The lowest BCUT2D eigenvalue weighted by atomic mass is 10.0. The van der Waals surface area contributed by atoms with Crippen molar-refractivity contribution in [3.8, 4) is 0 Å². The van der Waals surface area contributed by atoms with Crippen LogP contribution in [0.3, 0.4) is 0 Å². The summed E-state index contributed by atoms with van der Waals surface area (Å²) in [4.78, 5) is 25.8. The third-order valence-electron chi connectivity index (χ3n) is 4.58. The molecule has 0 atom stereocenters. The number of anilines is 2. The number of urea groups is 1. The quantitative estimate of drug-likeness (QED) is 0.773. The topological polar surface area (TPSA) is 87.5 Å². The lowest BCUT2D eigenvalue weighted by Crippen LogP contribution is -2.46. The van der Waals surface area contributed by atoms with Crippen molar-refractivity contribution < 1.29 is 9.59 Å². The van der Waals surface area contributed by atoms with E-state index in [1.165, 1.54) is 5.69 Å². The fraction of sp³-hybridized carbons (Fsp3) is 0.300.